The average Bonchev–Trinajstić information content (AvgIpc) is 2.53. The number of aliphatic hydroxyl groups is 1. The average molecular weight is 353 g/mol. The van der Waals surface area contributed by atoms with Crippen molar-refractivity contribution in [3.63, 3.8) is 0 Å². The van der Waals surface area contributed by atoms with Gasteiger partial charge in [0.2, 0.25) is 0 Å². The van der Waals surface area contributed by atoms with E-state index in [1.807, 2.05) is 31.2 Å². The Morgan fingerprint density at radius 1 is 1.08 bits per heavy atom. The fraction of sp³-hybridized carbons (Fsp3) is 0.727. The van der Waals surface area contributed by atoms with Crippen molar-refractivity contribution in [1.29, 1.82) is 0 Å². The van der Waals surface area contributed by atoms with Crippen LogP contribution in [0.2, 0.25) is 0 Å². The molecule has 0 aliphatic heterocycles. The van der Waals surface area contributed by atoms with Gasteiger partial charge in [0, 0.05) is 19.4 Å². The molecule has 3 atom stereocenters. The van der Waals surface area contributed by atoms with E-state index < -0.39 is 6.10 Å². The van der Waals surface area contributed by atoms with Crippen molar-refractivity contribution in [3.05, 3.63) is 36.5 Å². The minimum Gasteiger partial charge on any atom is -0.389 e. The normalized spacial score (nSPS) is 17.2. The fourth-order valence-corrected chi connectivity index (χ4v) is 2.98. The van der Waals surface area contributed by atoms with E-state index in [0.717, 1.165) is 19.3 Å². The fourth-order valence-electron chi connectivity index (χ4n) is 2.98. The number of hydrogen-bond acceptors (Lipinski definition) is 3. The Hall–Kier alpha value is -0.900. The van der Waals surface area contributed by atoms with E-state index in [2.05, 4.69) is 46.8 Å². The molecule has 0 fully saturated rings. The molecule has 1 N–H and O–H groups in total. The van der Waals surface area contributed by atoms with Crippen molar-refractivity contribution < 1.29 is 14.6 Å². The monoisotopic (exact) mass is 352 g/mol. The van der Waals surface area contributed by atoms with E-state index in [4.69, 9.17) is 9.47 Å². The number of allylic oxidation sites excluding steroid dienone is 4. The maximum absolute atomic E-state index is 10.6. The molecular weight excluding hydrogens is 312 g/mol. The van der Waals surface area contributed by atoms with Crippen molar-refractivity contribution in [1.82, 2.24) is 0 Å². The van der Waals surface area contributed by atoms with Crippen LogP contribution in [0.4, 0.5) is 0 Å². The molecule has 0 bridgehead atoms. The van der Waals surface area contributed by atoms with Gasteiger partial charge in [0.1, 0.15) is 0 Å². The summed E-state index contributed by atoms with van der Waals surface area (Å²) in [6, 6.07) is 0. The smallest absolute Gasteiger partial charge is 0.0776 e. The summed E-state index contributed by atoms with van der Waals surface area (Å²) in [4.78, 5) is 0. The lowest BCUT2D eigenvalue weighted by Gasteiger charge is -2.36. The molecule has 0 heterocycles. The van der Waals surface area contributed by atoms with Gasteiger partial charge in [-0.25, -0.2) is 0 Å². The van der Waals surface area contributed by atoms with Gasteiger partial charge in [0.25, 0.3) is 0 Å². The standard InChI is InChI=1S/C22H40O3/c1-8-13-19(24-7)16-17-25-22(5,6)20(9-2)21(23)15-12-10-11-14-18(3)4/h8,11-15,18-21,23H,9-10,16-17H2,1-7H3/b13-8-,14-11+,15-12?/t19?,20-,21?/m0/s1. The summed E-state index contributed by atoms with van der Waals surface area (Å²) >= 11 is 0. The largest absolute Gasteiger partial charge is 0.389 e. The highest BCUT2D eigenvalue weighted by Gasteiger charge is 2.33. The first-order valence-electron chi connectivity index (χ1n) is 9.59. The Morgan fingerprint density at radius 3 is 2.24 bits per heavy atom. The molecule has 0 spiro atoms. The highest BCUT2D eigenvalue weighted by molar-refractivity contribution is 5.00. The van der Waals surface area contributed by atoms with Crippen LogP contribution in [0.3, 0.4) is 0 Å². The Balaban J connectivity index is 4.57. The molecule has 0 saturated heterocycles. The summed E-state index contributed by atoms with van der Waals surface area (Å²) in [6.45, 7) is 13.1. The predicted octanol–water partition coefficient (Wildman–Crippen LogP) is 5.31. The number of methoxy groups -OCH3 is 1. The molecule has 0 aromatic rings. The number of ether oxygens (including phenoxy) is 2. The second-order valence-electron chi connectivity index (χ2n) is 7.38. The molecule has 0 aliphatic carbocycles. The van der Waals surface area contributed by atoms with Crippen molar-refractivity contribution in [3.8, 4) is 0 Å². The summed E-state index contributed by atoms with van der Waals surface area (Å²) in [5, 5.41) is 10.6. The Labute approximate surface area is 155 Å². The van der Waals surface area contributed by atoms with Crippen molar-refractivity contribution in [2.75, 3.05) is 13.7 Å². The Bertz CT molecular complexity index is 407. The van der Waals surface area contributed by atoms with E-state index >= 15 is 0 Å². The maximum Gasteiger partial charge on any atom is 0.0776 e. The van der Waals surface area contributed by atoms with Crippen LogP contribution in [0.5, 0.6) is 0 Å². The van der Waals surface area contributed by atoms with E-state index in [1.54, 1.807) is 7.11 Å². The topological polar surface area (TPSA) is 38.7 Å². The minimum atomic E-state index is -0.499. The lowest BCUT2D eigenvalue weighted by molar-refractivity contribution is -0.0946. The molecule has 0 saturated carbocycles. The summed E-state index contributed by atoms with van der Waals surface area (Å²) in [6.07, 6.45) is 14.4. The molecule has 25 heavy (non-hydrogen) atoms. The van der Waals surface area contributed by atoms with Crippen LogP contribution in [0.1, 0.15) is 60.8 Å². The maximum atomic E-state index is 10.6. The zero-order valence-corrected chi connectivity index (χ0v) is 17.4. The van der Waals surface area contributed by atoms with Gasteiger partial charge < -0.3 is 14.6 Å². The third kappa shape index (κ3) is 10.6. The minimum absolute atomic E-state index is 0.0561. The molecule has 3 heteroatoms. The second kappa shape index (κ2) is 13.3. The van der Waals surface area contributed by atoms with Gasteiger partial charge in [0.15, 0.2) is 0 Å². The SMILES string of the molecule is C/C=C\C(CCOC(C)(C)[C@@H](CC)C(O)C=CC/C=C/C(C)C)OC. The number of rotatable bonds is 13. The first-order valence-corrected chi connectivity index (χ1v) is 9.59. The van der Waals surface area contributed by atoms with E-state index in [0.29, 0.717) is 12.5 Å². The molecule has 0 aromatic carbocycles. The summed E-state index contributed by atoms with van der Waals surface area (Å²) in [5.74, 6) is 0.619. The number of hydrogen-bond donors (Lipinski definition) is 1. The van der Waals surface area contributed by atoms with Gasteiger partial charge in [-0.3, -0.25) is 0 Å². The quantitative estimate of drug-likeness (QED) is 0.457. The molecular formula is C22H40O3. The van der Waals surface area contributed by atoms with Gasteiger partial charge in [-0.1, -0.05) is 57.2 Å². The van der Waals surface area contributed by atoms with E-state index in [1.165, 1.54) is 0 Å². The van der Waals surface area contributed by atoms with Crippen LogP contribution in [0.15, 0.2) is 36.5 Å². The van der Waals surface area contributed by atoms with Crippen molar-refractivity contribution in [2.45, 2.75) is 78.6 Å². The third-order valence-corrected chi connectivity index (χ3v) is 4.46. The Kier molecular flexibility index (Phi) is 12.8. The van der Waals surface area contributed by atoms with Gasteiger partial charge in [-0.15, -0.1) is 0 Å². The lowest BCUT2D eigenvalue weighted by atomic mass is 9.83. The summed E-state index contributed by atoms with van der Waals surface area (Å²) in [7, 11) is 1.72. The Morgan fingerprint density at radius 2 is 1.72 bits per heavy atom. The van der Waals surface area contributed by atoms with Crippen LogP contribution in [-0.4, -0.2) is 36.6 Å². The van der Waals surface area contributed by atoms with E-state index in [9.17, 15) is 5.11 Å². The van der Waals surface area contributed by atoms with Crippen LogP contribution >= 0.6 is 0 Å². The molecule has 0 rings (SSSR count). The zero-order chi connectivity index (χ0) is 19.3. The van der Waals surface area contributed by atoms with Crippen LogP contribution in [-0.2, 0) is 9.47 Å². The van der Waals surface area contributed by atoms with Gasteiger partial charge in [-0.2, -0.15) is 0 Å². The number of aliphatic hydroxyl groups excluding tert-OH is 1. The van der Waals surface area contributed by atoms with Crippen molar-refractivity contribution >= 4 is 0 Å². The summed E-state index contributed by atoms with van der Waals surface area (Å²) < 4.78 is 11.5. The molecule has 0 amide bonds. The van der Waals surface area contributed by atoms with Gasteiger partial charge >= 0.3 is 0 Å². The highest BCUT2D eigenvalue weighted by atomic mass is 16.5. The lowest BCUT2D eigenvalue weighted by Crippen LogP contribution is -2.41. The van der Waals surface area contributed by atoms with Crippen molar-refractivity contribution in [2.24, 2.45) is 11.8 Å². The van der Waals surface area contributed by atoms with E-state index in [-0.39, 0.29) is 17.6 Å². The molecule has 146 valence electrons. The predicted molar refractivity (Wildman–Crippen MR) is 108 cm³/mol. The van der Waals surface area contributed by atoms with Gasteiger partial charge in [0.05, 0.1) is 24.4 Å². The summed E-state index contributed by atoms with van der Waals surface area (Å²) in [5.41, 5.74) is -0.388. The van der Waals surface area contributed by atoms with Gasteiger partial charge in [-0.05, 0) is 39.5 Å². The molecule has 0 radical (unpaired) electrons. The molecule has 3 nitrogen and oxygen atoms in total. The van der Waals surface area contributed by atoms with Crippen LogP contribution < -0.4 is 0 Å². The third-order valence-electron chi connectivity index (χ3n) is 4.46. The first kappa shape index (κ1) is 24.1. The highest BCUT2D eigenvalue weighted by Crippen LogP contribution is 2.28. The van der Waals surface area contributed by atoms with Crippen LogP contribution in [0.25, 0.3) is 0 Å². The first-order chi connectivity index (χ1) is 11.8. The molecule has 0 aliphatic rings. The molecule has 2 unspecified atom stereocenters. The van der Waals surface area contributed by atoms with Crippen LogP contribution in [0, 0.1) is 11.8 Å². The molecule has 0 aromatic heterocycles. The zero-order valence-electron chi connectivity index (χ0n) is 17.4. The second-order valence-corrected chi connectivity index (χ2v) is 7.38.